The zero-order chi connectivity index (χ0) is 17.4. The Balaban J connectivity index is 2.89. The van der Waals surface area contributed by atoms with Gasteiger partial charge >= 0.3 is 0 Å². The van der Waals surface area contributed by atoms with E-state index in [1.54, 1.807) is 21.0 Å². The van der Waals surface area contributed by atoms with Crippen molar-refractivity contribution in [3.8, 4) is 11.1 Å². The Morgan fingerprint density at radius 3 is 1.70 bits per heavy atom. The molecule has 0 atom stereocenters. The first-order valence-electron chi connectivity index (χ1n) is 7.45. The zero-order valence-corrected chi connectivity index (χ0v) is 17.2. The molecule has 2 rings (SSSR count). The van der Waals surface area contributed by atoms with Crippen LogP contribution in [0.4, 0.5) is 0 Å². The summed E-state index contributed by atoms with van der Waals surface area (Å²) < 4.78 is 7.62. The molecule has 0 unspecified atom stereocenters. The Bertz CT molecular complexity index is 716. The number of rotatable bonds is 4. The van der Waals surface area contributed by atoms with E-state index in [2.05, 4.69) is 37.9 Å². The van der Waals surface area contributed by atoms with E-state index in [-0.39, 0.29) is 0 Å². The van der Waals surface area contributed by atoms with Gasteiger partial charge in [-0.15, -0.1) is 0 Å². The van der Waals surface area contributed by atoms with Crippen LogP contribution in [-0.4, -0.2) is 12.2 Å². The van der Waals surface area contributed by atoms with Crippen molar-refractivity contribution in [2.24, 2.45) is 0 Å². The van der Waals surface area contributed by atoms with Crippen LogP contribution in [0.25, 0.3) is 11.1 Å². The molecular weight excluding hydrogens is 420 g/mol. The van der Waals surface area contributed by atoms with E-state index in [1.807, 2.05) is 44.2 Å². The zero-order valence-electron chi connectivity index (χ0n) is 14.1. The lowest BCUT2D eigenvalue weighted by molar-refractivity contribution is 0.0196. The average molecular weight is 442 g/mol. The highest BCUT2D eigenvalue weighted by Gasteiger charge is 2.29. The highest BCUT2D eigenvalue weighted by atomic mass is 79.9. The van der Waals surface area contributed by atoms with E-state index < -0.39 is 11.2 Å². The lowest BCUT2D eigenvalue weighted by Crippen LogP contribution is -2.22. The summed E-state index contributed by atoms with van der Waals surface area (Å²) in [5.74, 6) is 0. The molecule has 0 saturated heterocycles. The molecular formula is C19H22Br2O2. The molecule has 23 heavy (non-hydrogen) atoms. The van der Waals surface area contributed by atoms with Gasteiger partial charge in [0.1, 0.15) is 0 Å². The first-order valence-corrected chi connectivity index (χ1v) is 9.04. The molecule has 0 spiro atoms. The molecule has 1 N–H and O–H groups in total. The number of halogens is 2. The molecule has 0 bridgehead atoms. The van der Waals surface area contributed by atoms with E-state index in [1.165, 1.54) is 0 Å². The number of ether oxygens (including phenoxy) is 1. The minimum absolute atomic E-state index is 0.453. The predicted octanol–water partition coefficient (Wildman–Crippen LogP) is 5.99. The molecule has 0 aromatic heterocycles. The molecule has 0 saturated carbocycles. The maximum absolute atomic E-state index is 10.6. The standard InChI is InChI=1S/C19H22Br2O2/c1-18(2,22)12-8-6-10-14(20)16(12)17-13(19(3,4)23-5)9-7-11-15(17)21/h6-11,22H,1-5H3. The molecule has 0 radical (unpaired) electrons. The Labute approximate surface area is 155 Å². The first kappa shape index (κ1) is 18.7. The van der Waals surface area contributed by atoms with Crippen LogP contribution >= 0.6 is 31.9 Å². The van der Waals surface area contributed by atoms with Gasteiger partial charge in [-0.05, 0) is 51.0 Å². The van der Waals surface area contributed by atoms with Gasteiger partial charge in [-0.2, -0.15) is 0 Å². The van der Waals surface area contributed by atoms with Gasteiger partial charge in [0.15, 0.2) is 0 Å². The number of benzene rings is 2. The van der Waals surface area contributed by atoms with E-state index in [0.717, 1.165) is 31.2 Å². The SMILES string of the molecule is COC(C)(C)c1cccc(Br)c1-c1c(Br)cccc1C(C)(C)O. The summed E-state index contributed by atoms with van der Waals surface area (Å²) in [7, 11) is 1.71. The van der Waals surface area contributed by atoms with Crippen molar-refractivity contribution >= 4 is 31.9 Å². The lowest BCUT2D eigenvalue weighted by Gasteiger charge is -2.30. The van der Waals surface area contributed by atoms with Crippen molar-refractivity contribution in [2.45, 2.75) is 38.9 Å². The fourth-order valence-corrected chi connectivity index (χ4v) is 3.81. The fourth-order valence-electron chi connectivity index (χ4n) is 2.68. The van der Waals surface area contributed by atoms with Crippen LogP contribution in [0.15, 0.2) is 45.3 Å². The Kier molecular flexibility index (Phi) is 5.41. The third-order valence-corrected chi connectivity index (χ3v) is 5.42. The van der Waals surface area contributed by atoms with Crippen molar-refractivity contribution in [1.29, 1.82) is 0 Å². The van der Waals surface area contributed by atoms with Crippen molar-refractivity contribution in [2.75, 3.05) is 7.11 Å². The fraction of sp³-hybridized carbons (Fsp3) is 0.368. The highest BCUT2D eigenvalue weighted by Crippen LogP contribution is 2.45. The molecule has 4 heteroatoms. The maximum atomic E-state index is 10.6. The highest BCUT2D eigenvalue weighted by molar-refractivity contribution is 9.11. The summed E-state index contributed by atoms with van der Waals surface area (Å²) >= 11 is 7.34. The van der Waals surface area contributed by atoms with E-state index in [9.17, 15) is 5.11 Å². The van der Waals surface area contributed by atoms with Gasteiger partial charge in [0, 0.05) is 27.2 Å². The number of hydrogen-bond donors (Lipinski definition) is 1. The third-order valence-electron chi connectivity index (χ3n) is 4.10. The second-order valence-corrected chi connectivity index (χ2v) is 8.31. The van der Waals surface area contributed by atoms with Crippen LogP contribution in [0.1, 0.15) is 38.8 Å². The minimum Gasteiger partial charge on any atom is -0.386 e. The van der Waals surface area contributed by atoms with Crippen LogP contribution in [0.2, 0.25) is 0 Å². The van der Waals surface area contributed by atoms with Gasteiger partial charge in [-0.3, -0.25) is 0 Å². The summed E-state index contributed by atoms with van der Waals surface area (Å²) in [5.41, 5.74) is 2.53. The van der Waals surface area contributed by atoms with Crippen molar-refractivity contribution < 1.29 is 9.84 Å². The van der Waals surface area contributed by atoms with Gasteiger partial charge in [0.2, 0.25) is 0 Å². The van der Waals surface area contributed by atoms with Crippen molar-refractivity contribution in [3.05, 3.63) is 56.5 Å². The average Bonchev–Trinajstić information content (AvgIpc) is 2.46. The smallest absolute Gasteiger partial charge is 0.0877 e. The van der Waals surface area contributed by atoms with Gasteiger partial charge < -0.3 is 9.84 Å². The largest absolute Gasteiger partial charge is 0.386 e. The molecule has 0 aliphatic rings. The summed E-state index contributed by atoms with van der Waals surface area (Å²) in [5, 5.41) is 10.6. The Morgan fingerprint density at radius 2 is 1.26 bits per heavy atom. The van der Waals surface area contributed by atoms with Crippen LogP contribution in [0, 0.1) is 0 Å². The van der Waals surface area contributed by atoms with Gasteiger partial charge in [0.25, 0.3) is 0 Å². The topological polar surface area (TPSA) is 29.5 Å². The van der Waals surface area contributed by atoms with E-state index in [0.29, 0.717) is 0 Å². The van der Waals surface area contributed by atoms with Crippen molar-refractivity contribution in [3.63, 3.8) is 0 Å². The van der Waals surface area contributed by atoms with E-state index in [4.69, 9.17) is 4.74 Å². The molecule has 0 fully saturated rings. The molecule has 2 aromatic rings. The Morgan fingerprint density at radius 1 is 0.826 bits per heavy atom. The summed E-state index contributed by atoms with van der Waals surface area (Å²) in [4.78, 5) is 0. The number of hydrogen-bond acceptors (Lipinski definition) is 2. The number of methoxy groups -OCH3 is 1. The van der Waals surface area contributed by atoms with Crippen molar-refractivity contribution in [1.82, 2.24) is 0 Å². The second-order valence-electron chi connectivity index (χ2n) is 6.60. The second kappa shape index (κ2) is 6.67. The van der Waals surface area contributed by atoms with Crippen LogP contribution in [-0.2, 0) is 15.9 Å². The molecule has 0 heterocycles. The molecule has 0 aliphatic heterocycles. The number of aliphatic hydroxyl groups is 1. The minimum atomic E-state index is -0.955. The molecule has 124 valence electrons. The molecule has 0 amide bonds. The summed E-state index contributed by atoms with van der Waals surface area (Å²) in [6.07, 6.45) is 0. The molecule has 2 nitrogen and oxygen atoms in total. The summed E-state index contributed by atoms with van der Waals surface area (Å²) in [6, 6.07) is 12.0. The molecule has 0 aliphatic carbocycles. The normalized spacial score (nSPS) is 12.5. The Hall–Kier alpha value is -0.680. The molecule has 2 aromatic carbocycles. The van der Waals surface area contributed by atoms with Gasteiger partial charge in [0.05, 0.1) is 11.2 Å². The van der Waals surface area contributed by atoms with Crippen LogP contribution in [0.3, 0.4) is 0 Å². The van der Waals surface area contributed by atoms with Gasteiger partial charge in [-0.25, -0.2) is 0 Å². The van der Waals surface area contributed by atoms with Crippen LogP contribution < -0.4 is 0 Å². The van der Waals surface area contributed by atoms with Crippen LogP contribution in [0.5, 0.6) is 0 Å². The van der Waals surface area contributed by atoms with E-state index >= 15 is 0 Å². The lowest BCUT2D eigenvalue weighted by atomic mass is 9.84. The predicted molar refractivity (Wildman–Crippen MR) is 103 cm³/mol. The maximum Gasteiger partial charge on any atom is 0.0877 e. The summed E-state index contributed by atoms with van der Waals surface area (Å²) in [6.45, 7) is 7.68. The third kappa shape index (κ3) is 3.71. The quantitative estimate of drug-likeness (QED) is 0.631. The first-order chi connectivity index (χ1) is 10.6. The van der Waals surface area contributed by atoms with Gasteiger partial charge in [-0.1, -0.05) is 56.1 Å². The monoisotopic (exact) mass is 440 g/mol.